The number of nitrogens with zero attached hydrogens (tertiary/aromatic N) is 2. The van der Waals surface area contributed by atoms with Crippen LogP contribution < -0.4 is 4.74 Å². The molecule has 188 valence electrons. The summed E-state index contributed by atoms with van der Waals surface area (Å²) >= 11 is 1.82. The summed E-state index contributed by atoms with van der Waals surface area (Å²) in [7, 11) is 1.75. The van der Waals surface area contributed by atoms with Crippen LogP contribution in [0.5, 0.6) is 5.75 Å². The first-order valence-corrected chi connectivity index (χ1v) is 13.5. The Bertz CT molecular complexity index is 1220. The van der Waals surface area contributed by atoms with E-state index in [1.165, 1.54) is 26.5 Å². The molecule has 1 aromatic carbocycles. The van der Waals surface area contributed by atoms with Crippen LogP contribution in [0.15, 0.2) is 76.3 Å². The monoisotopic (exact) mass is 502 g/mol. The number of carbonyl (C=O) groups excluding carboxylic acids is 1. The van der Waals surface area contributed by atoms with E-state index in [0.717, 1.165) is 30.6 Å². The number of methoxy groups -OCH3 is 1. The molecule has 1 aromatic heterocycles. The van der Waals surface area contributed by atoms with E-state index in [-0.39, 0.29) is 12.0 Å². The first-order valence-electron chi connectivity index (χ1n) is 12.7. The highest BCUT2D eigenvalue weighted by atomic mass is 32.2. The Labute approximate surface area is 218 Å². The van der Waals surface area contributed by atoms with E-state index in [1.807, 2.05) is 55.9 Å². The summed E-state index contributed by atoms with van der Waals surface area (Å²) in [5.41, 5.74) is 4.65. The molecule has 0 bridgehead atoms. The number of rotatable bonds is 3. The van der Waals surface area contributed by atoms with Crippen molar-refractivity contribution < 1.29 is 14.3 Å². The zero-order chi connectivity index (χ0) is 25.3. The van der Waals surface area contributed by atoms with Crippen molar-refractivity contribution in [1.82, 2.24) is 9.88 Å². The van der Waals surface area contributed by atoms with Gasteiger partial charge in [0.05, 0.1) is 12.0 Å². The summed E-state index contributed by atoms with van der Waals surface area (Å²) in [6.45, 7) is 7.18. The largest absolute Gasteiger partial charge is 0.496 e. The maximum Gasteiger partial charge on any atom is 0.410 e. The molecule has 0 saturated carbocycles. The maximum atomic E-state index is 12.7. The number of hydrogen-bond donors (Lipinski definition) is 0. The number of likely N-dealkylation sites (tertiary alicyclic amines) is 1. The number of ether oxygens (including phenoxy) is 2. The van der Waals surface area contributed by atoms with Gasteiger partial charge in [0.25, 0.3) is 0 Å². The van der Waals surface area contributed by atoms with E-state index in [2.05, 4.69) is 47.5 Å². The lowest BCUT2D eigenvalue weighted by atomic mass is 9.75. The topological polar surface area (TPSA) is 51.7 Å². The van der Waals surface area contributed by atoms with Crippen molar-refractivity contribution in [1.29, 1.82) is 0 Å². The van der Waals surface area contributed by atoms with Gasteiger partial charge in [0, 0.05) is 36.3 Å². The summed E-state index contributed by atoms with van der Waals surface area (Å²) in [5, 5.41) is 0. The quantitative estimate of drug-likeness (QED) is 0.443. The number of amides is 1. The van der Waals surface area contributed by atoms with Crippen molar-refractivity contribution in [3.05, 3.63) is 82.6 Å². The second-order valence-electron chi connectivity index (χ2n) is 10.6. The number of benzene rings is 1. The molecule has 3 heterocycles. The maximum absolute atomic E-state index is 12.7. The van der Waals surface area contributed by atoms with Crippen LogP contribution in [0, 0.1) is 5.92 Å². The van der Waals surface area contributed by atoms with Crippen LogP contribution in [-0.2, 0) is 4.74 Å². The molecule has 1 amide bonds. The second kappa shape index (κ2) is 10.2. The molecule has 3 aliphatic rings. The molecular weight excluding hydrogens is 468 g/mol. The smallest absolute Gasteiger partial charge is 0.410 e. The SMILES string of the molecule is COc1cccc2c1SC1=CCC(c3cccnc3)=CC=C1C2C1CCN(C(=O)OC(C)(C)C)CC1. The molecule has 1 unspecified atom stereocenters. The number of allylic oxidation sites excluding steroid dienone is 5. The highest BCUT2D eigenvalue weighted by molar-refractivity contribution is 8.03. The molecule has 6 heteroatoms. The molecule has 2 aliphatic heterocycles. The summed E-state index contributed by atoms with van der Waals surface area (Å²) in [6.07, 6.45) is 13.2. The number of piperidine rings is 1. The van der Waals surface area contributed by atoms with Gasteiger partial charge in [-0.25, -0.2) is 4.79 Å². The van der Waals surface area contributed by atoms with Crippen LogP contribution in [0.4, 0.5) is 4.79 Å². The number of carbonyl (C=O) groups is 1. The summed E-state index contributed by atoms with van der Waals surface area (Å²) < 4.78 is 11.4. The molecule has 1 saturated heterocycles. The average molecular weight is 503 g/mol. The van der Waals surface area contributed by atoms with E-state index in [4.69, 9.17) is 9.47 Å². The van der Waals surface area contributed by atoms with Crippen LogP contribution in [0.1, 0.15) is 57.1 Å². The minimum absolute atomic E-state index is 0.208. The Balaban J connectivity index is 1.47. The number of aromatic nitrogens is 1. The number of pyridine rings is 1. The predicted octanol–water partition coefficient (Wildman–Crippen LogP) is 7.22. The predicted molar refractivity (Wildman–Crippen MR) is 145 cm³/mol. The lowest BCUT2D eigenvalue weighted by Gasteiger charge is -2.40. The Morgan fingerprint density at radius 2 is 1.92 bits per heavy atom. The average Bonchev–Trinajstić information content (AvgIpc) is 3.09. The van der Waals surface area contributed by atoms with Crippen molar-refractivity contribution in [3.8, 4) is 5.75 Å². The zero-order valence-electron chi connectivity index (χ0n) is 21.5. The van der Waals surface area contributed by atoms with Gasteiger partial charge in [-0.2, -0.15) is 0 Å². The van der Waals surface area contributed by atoms with Gasteiger partial charge in [-0.15, -0.1) is 0 Å². The molecular formula is C30H34N2O3S. The third kappa shape index (κ3) is 5.10. The number of hydrogen-bond acceptors (Lipinski definition) is 5. The highest BCUT2D eigenvalue weighted by Crippen LogP contribution is 2.56. The third-order valence-corrected chi connectivity index (χ3v) is 8.33. The van der Waals surface area contributed by atoms with E-state index in [0.29, 0.717) is 19.0 Å². The molecule has 5 nitrogen and oxygen atoms in total. The summed E-state index contributed by atoms with van der Waals surface area (Å²) in [5.74, 6) is 1.62. The van der Waals surface area contributed by atoms with E-state index >= 15 is 0 Å². The van der Waals surface area contributed by atoms with Gasteiger partial charge in [-0.05, 0) is 80.4 Å². The van der Waals surface area contributed by atoms with Crippen LogP contribution >= 0.6 is 11.8 Å². The fourth-order valence-electron chi connectivity index (χ4n) is 5.36. The van der Waals surface area contributed by atoms with E-state index in [1.54, 1.807) is 7.11 Å². The van der Waals surface area contributed by atoms with Crippen molar-refractivity contribution >= 4 is 23.4 Å². The lowest BCUT2D eigenvalue weighted by Crippen LogP contribution is -2.43. The second-order valence-corrected chi connectivity index (χ2v) is 11.6. The van der Waals surface area contributed by atoms with E-state index < -0.39 is 5.60 Å². The molecule has 1 atom stereocenters. The molecule has 0 N–H and O–H groups in total. The fraction of sp³-hybridized carbons (Fsp3) is 0.400. The van der Waals surface area contributed by atoms with Crippen LogP contribution in [-0.4, -0.2) is 41.8 Å². The van der Waals surface area contributed by atoms with Crippen molar-refractivity contribution in [2.75, 3.05) is 20.2 Å². The van der Waals surface area contributed by atoms with Gasteiger partial charge < -0.3 is 14.4 Å². The Kier molecular flexibility index (Phi) is 6.98. The van der Waals surface area contributed by atoms with Gasteiger partial charge in [-0.3, -0.25) is 4.98 Å². The number of thioether (sulfide) groups is 1. The van der Waals surface area contributed by atoms with E-state index in [9.17, 15) is 4.79 Å². The molecule has 1 fully saturated rings. The van der Waals surface area contributed by atoms with Crippen molar-refractivity contribution in [2.24, 2.45) is 5.92 Å². The molecule has 0 radical (unpaired) electrons. The standard InChI is InChI=1S/C30H34N2O3S/c1-30(2,3)35-29(33)32-17-14-21(15-18-32)27-23-12-10-20(22-7-6-16-31-19-22)11-13-26(23)36-28-24(27)8-5-9-25(28)34-4/h5-10,12-13,16,19,21,27H,11,14-15,17-18H2,1-4H3. The Hall–Kier alpha value is -2.99. The Morgan fingerprint density at radius 1 is 1.11 bits per heavy atom. The summed E-state index contributed by atoms with van der Waals surface area (Å²) in [4.78, 5) is 21.4. The lowest BCUT2D eigenvalue weighted by molar-refractivity contribution is 0.0178. The minimum Gasteiger partial charge on any atom is -0.496 e. The molecule has 0 spiro atoms. The van der Waals surface area contributed by atoms with Gasteiger partial charge in [-0.1, -0.05) is 48.2 Å². The molecule has 2 aromatic rings. The molecule has 36 heavy (non-hydrogen) atoms. The zero-order valence-corrected chi connectivity index (χ0v) is 22.3. The van der Waals surface area contributed by atoms with Gasteiger partial charge in [0.1, 0.15) is 11.4 Å². The molecule has 5 rings (SSSR count). The summed E-state index contributed by atoms with van der Waals surface area (Å²) in [6, 6.07) is 10.5. The Morgan fingerprint density at radius 3 is 2.61 bits per heavy atom. The van der Waals surface area contributed by atoms with Gasteiger partial charge >= 0.3 is 6.09 Å². The van der Waals surface area contributed by atoms with Gasteiger partial charge in [0.2, 0.25) is 0 Å². The van der Waals surface area contributed by atoms with Crippen LogP contribution in [0.25, 0.3) is 5.57 Å². The van der Waals surface area contributed by atoms with Crippen molar-refractivity contribution in [3.63, 3.8) is 0 Å². The van der Waals surface area contributed by atoms with Crippen LogP contribution in [0.2, 0.25) is 0 Å². The first kappa shape index (κ1) is 24.7. The van der Waals surface area contributed by atoms with Crippen molar-refractivity contribution in [2.45, 2.75) is 56.4 Å². The number of fused-ring (bicyclic) bond motifs is 2. The third-order valence-electron chi connectivity index (χ3n) is 7.06. The van der Waals surface area contributed by atoms with Crippen LogP contribution in [0.3, 0.4) is 0 Å². The fourth-order valence-corrected chi connectivity index (χ4v) is 6.62. The first-order chi connectivity index (χ1) is 17.3. The molecule has 1 aliphatic carbocycles. The minimum atomic E-state index is -0.479. The normalized spacial score (nSPS) is 20.3. The van der Waals surface area contributed by atoms with Gasteiger partial charge in [0.15, 0.2) is 0 Å². The highest BCUT2D eigenvalue weighted by Gasteiger charge is 2.38.